The minimum atomic E-state index is -4.97. The van der Waals surface area contributed by atoms with Crippen molar-refractivity contribution in [3.05, 3.63) is 0 Å². The van der Waals surface area contributed by atoms with Gasteiger partial charge in [-0.3, -0.25) is 37.3 Å². The van der Waals surface area contributed by atoms with Crippen LogP contribution in [0.1, 0.15) is 484 Å². The van der Waals surface area contributed by atoms with E-state index in [-0.39, 0.29) is 25.7 Å². The summed E-state index contributed by atoms with van der Waals surface area (Å²) in [6.07, 6.45) is 77.8. The Morgan fingerprint density at radius 1 is 0.224 bits per heavy atom. The highest BCUT2D eigenvalue weighted by Crippen LogP contribution is 2.45. The highest BCUT2D eigenvalue weighted by molar-refractivity contribution is 7.47. The van der Waals surface area contributed by atoms with Crippen molar-refractivity contribution in [3.8, 4) is 0 Å². The normalized spacial score (nSPS) is 13.7. The number of hydrogen-bond donors (Lipinski definition) is 3. The van der Waals surface area contributed by atoms with E-state index in [0.717, 1.165) is 89.9 Å². The lowest BCUT2D eigenvalue weighted by molar-refractivity contribution is -0.161. The second-order valence-electron chi connectivity index (χ2n) is 31.6. The van der Waals surface area contributed by atoms with E-state index in [0.29, 0.717) is 25.7 Å². The first-order chi connectivity index (χ1) is 52.2. The molecule has 0 aromatic heterocycles. The van der Waals surface area contributed by atoms with E-state index >= 15 is 0 Å². The molecular weight excluding hydrogens is 1390 g/mol. The van der Waals surface area contributed by atoms with E-state index in [2.05, 4.69) is 27.7 Å². The number of unbranched alkanes of at least 4 members (excludes halogenated alkanes) is 63. The second kappa shape index (κ2) is 82.1. The molecule has 0 saturated heterocycles. The van der Waals surface area contributed by atoms with Crippen LogP contribution < -0.4 is 0 Å². The monoisotopic (exact) mass is 1560 g/mol. The maximum atomic E-state index is 13.2. The fourth-order valence-corrected chi connectivity index (χ4v) is 15.5. The number of hydrogen-bond acceptors (Lipinski definition) is 15. The standard InChI is InChI=1S/C88H172O17P2/c1-5-9-13-17-21-25-29-32-35-38-40-41-42-43-45-48-51-55-59-63-67-71-75-88(93)105-84(79-99-86(91)73-69-65-61-57-53-49-47-44-39-36-33-30-26-22-18-14-10-6-2)81-103-107(96,97)101-77-82(89)76-100-106(94,95)102-80-83(78-98-85(90)72-68-64-60-56-52-28-24-20-16-12-8-4)104-87(92)74-70-66-62-58-54-50-46-37-34-31-27-23-19-15-11-7-3/h82-84,89H,5-81H2,1-4H3,(H,94,95)(H,96,97)/t82-,83+,84+/m0/s1. The van der Waals surface area contributed by atoms with Gasteiger partial charge in [0.1, 0.15) is 19.3 Å². The number of rotatable bonds is 89. The van der Waals surface area contributed by atoms with Crippen LogP contribution in [0.15, 0.2) is 0 Å². The van der Waals surface area contributed by atoms with E-state index in [1.54, 1.807) is 0 Å². The largest absolute Gasteiger partial charge is 0.472 e. The average Bonchev–Trinajstić information content (AvgIpc) is 0.902. The molecule has 5 atom stereocenters. The average molecular weight is 1560 g/mol. The molecule has 0 fully saturated rings. The van der Waals surface area contributed by atoms with Crippen LogP contribution in [0.3, 0.4) is 0 Å². The Morgan fingerprint density at radius 3 is 0.551 bits per heavy atom. The first-order valence-electron chi connectivity index (χ1n) is 45.8. The molecule has 0 amide bonds. The Balaban J connectivity index is 5.22. The van der Waals surface area contributed by atoms with Crippen molar-refractivity contribution in [1.82, 2.24) is 0 Å². The number of carbonyl (C=O) groups is 4. The minimum Gasteiger partial charge on any atom is -0.462 e. The molecule has 636 valence electrons. The minimum absolute atomic E-state index is 0.109. The van der Waals surface area contributed by atoms with Crippen LogP contribution in [0.25, 0.3) is 0 Å². The fraction of sp³-hybridized carbons (Fsp3) is 0.955. The zero-order valence-corrected chi connectivity index (χ0v) is 71.9. The number of phosphoric ester groups is 2. The molecule has 2 unspecified atom stereocenters. The predicted octanol–water partition coefficient (Wildman–Crippen LogP) is 27.3. The van der Waals surface area contributed by atoms with Crippen molar-refractivity contribution in [2.45, 2.75) is 502 Å². The van der Waals surface area contributed by atoms with Gasteiger partial charge in [0.05, 0.1) is 26.4 Å². The van der Waals surface area contributed by atoms with E-state index < -0.39 is 97.5 Å². The third-order valence-electron chi connectivity index (χ3n) is 20.9. The van der Waals surface area contributed by atoms with Crippen molar-refractivity contribution in [3.63, 3.8) is 0 Å². The van der Waals surface area contributed by atoms with Gasteiger partial charge >= 0.3 is 39.5 Å². The van der Waals surface area contributed by atoms with Crippen molar-refractivity contribution in [2.24, 2.45) is 0 Å². The lowest BCUT2D eigenvalue weighted by Gasteiger charge is -2.21. The topological polar surface area (TPSA) is 237 Å². The van der Waals surface area contributed by atoms with Gasteiger partial charge in [-0.2, -0.15) is 0 Å². The van der Waals surface area contributed by atoms with Gasteiger partial charge in [-0.1, -0.05) is 432 Å². The van der Waals surface area contributed by atoms with Crippen molar-refractivity contribution < 1.29 is 80.2 Å². The summed E-state index contributed by atoms with van der Waals surface area (Å²) >= 11 is 0. The van der Waals surface area contributed by atoms with Crippen molar-refractivity contribution in [1.29, 1.82) is 0 Å². The quantitative estimate of drug-likeness (QED) is 0.0222. The summed E-state index contributed by atoms with van der Waals surface area (Å²) in [7, 11) is -9.93. The molecule has 0 radical (unpaired) electrons. The molecule has 0 aromatic rings. The van der Waals surface area contributed by atoms with Gasteiger partial charge in [-0.05, 0) is 25.7 Å². The van der Waals surface area contributed by atoms with E-state index in [1.807, 2.05) is 0 Å². The molecule has 0 aliphatic heterocycles. The van der Waals surface area contributed by atoms with Gasteiger partial charge in [-0.15, -0.1) is 0 Å². The van der Waals surface area contributed by atoms with Crippen LogP contribution in [0.4, 0.5) is 0 Å². The summed E-state index contributed by atoms with van der Waals surface area (Å²) in [5.41, 5.74) is 0. The molecule has 3 N–H and O–H groups in total. The number of aliphatic hydroxyl groups is 1. The van der Waals surface area contributed by atoms with Crippen molar-refractivity contribution in [2.75, 3.05) is 39.6 Å². The van der Waals surface area contributed by atoms with Crippen LogP contribution in [-0.2, 0) is 65.4 Å². The van der Waals surface area contributed by atoms with Gasteiger partial charge in [0.15, 0.2) is 12.2 Å². The number of aliphatic hydroxyl groups excluding tert-OH is 1. The lowest BCUT2D eigenvalue weighted by atomic mass is 10.0. The number of phosphoric acid groups is 2. The summed E-state index contributed by atoms with van der Waals surface area (Å²) in [4.78, 5) is 73.3. The van der Waals surface area contributed by atoms with Gasteiger partial charge in [0.25, 0.3) is 0 Å². The van der Waals surface area contributed by atoms with E-state index in [4.69, 9.17) is 37.0 Å². The summed E-state index contributed by atoms with van der Waals surface area (Å²) in [5.74, 6) is -2.09. The van der Waals surface area contributed by atoms with Crippen LogP contribution >= 0.6 is 15.6 Å². The summed E-state index contributed by atoms with van der Waals surface area (Å²) < 4.78 is 69.0. The lowest BCUT2D eigenvalue weighted by Crippen LogP contribution is -2.30. The molecule has 0 saturated carbocycles. The van der Waals surface area contributed by atoms with Gasteiger partial charge in [-0.25, -0.2) is 9.13 Å². The number of esters is 4. The zero-order chi connectivity index (χ0) is 78.1. The molecule has 107 heavy (non-hydrogen) atoms. The molecular formula is C88H172O17P2. The Kier molecular flexibility index (Phi) is 80.6. The molecule has 0 bridgehead atoms. The van der Waals surface area contributed by atoms with Gasteiger partial charge in [0, 0.05) is 25.7 Å². The van der Waals surface area contributed by atoms with Crippen molar-refractivity contribution >= 4 is 39.5 Å². The molecule has 19 heteroatoms. The predicted molar refractivity (Wildman–Crippen MR) is 442 cm³/mol. The Morgan fingerprint density at radius 2 is 0.374 bits per heavy atom. The zero-order valence-electron chi connectivity index (χ0n) is 70.1. The van der Waals surface area contributed by atoms with Crippen LogP contribution in [-0.4, -0.2) is 96.7 Å². The van der Waals surface area contributed by atoms with E-state index in [1.165, 1.54) is 315 Å². The van der Waals surface area contributed by atoms with Gasteiger partial charge < -0.3 is 33.8 Å². The maximum Gasteiger partial charge on any atom is 0.472 e. The number of carbonyl (C=O) groups excluding carboxylic acids is 4. The molecule has 0 heterocycles. The summed E-state index contributed by atoms with van der Waals surface area (Å²) in [6, 6.07) is 0. The highest BCUT2D eigenvalue weighted by Gasteiger charge is 2.30. The molecule has 0 spiro atoms. The second-order valence-corrected chi connectivity index (χ2v) is 34.5. The molecule has 0 rings (SSSR count). The maximum absolute atomic E-state index is 13.2. The SMILES string of the molecule is CCCCCCCCCCCCCCCCCCCCCCCCC(=O)O[C@H](COC(=O)CCCCCCCCCCCCCCCCCCCC)COP(=O)(O)OC[C@@H](O)COP(=O)(O)OC[C@@H](COC(=O)CCCCCCCCCCCCC)OC(=O)CCCCCCCCCCCCCCCCCC. The molecule has 0 aromatic carbocycles. The molecule has 0 aliphatic carbocycles. The first-order valence-corrected chi connectivity index (χ1v) is 48.8. The highest BCUT2D eigenvalue weighted by atomic mass is 31.2. The van der Waals surface area contributed by atoms with Crippen LogP contribution in [0.5, 0.6) is 0 Å². The third-order valence-corrected chi connectivity index (χ3v) is 22.8. The summed E-state index contributed by atoms with van der Waals surface area (Å²) in [6.45, 7) is 5.07. The van der Waals surface area contributed by atoms with Gasteiger partial charge in [0.2, 0.25) is 0 Å². The van der Waals surface area contributed by atoms with Crippen LogP contribution in [0, 0.1) is 0 Å². The first kappa shape index (κ1) is 105. The van der Waals surface area contributed by atoms with E-state index in [9.17, 15) is 43.2 Å². The molecule has 17 nitrogen and oxygen atoms in total. The molecule has 0 aliphatic rings. The smallest absolute Gasteiger partial charge is 0.462 e. The van der Waals surface area contributed by atoms with Crippen LogP contribution in [0.2, 0.25) is 0 Å². The third kappa shape index (κ3) is 81.9. The Labute approximate surface area is 658 Å². The summed E-state index contributed by atoms with van der Waals surface area (Å²) in [5, 5.41) is 10.7. The fourth-order valence-electron chi connectivity index (χ4n) is 13.9. The number of ether oxygens (including phenoxy) is 4. The Bertz CT molecular complexity index is 2020. The Hall–Kier alpha value is -1.94.